The summed E-state index contributed by atoms with van der Waals surface area (Å²) in [4.78, 5) is 8.92. The van der Waals surface area contributed by atoms with Crippen LogP contribution >= 0.6 is 0 Å². The summed E-state index contributed by atoms with van der Waals surface area (Å²) in [6, 6.07) is 4.04. The fourth-order valence-electron chi connectivity index (χ4n) is 2.24. The summed E-state index contributed by atoms with van der Waals surface area (Å²) in [6.45, 7) is 4.23. The van der Waals surface area contributed by atoms with Crippen LogP contribution in [0.2, 0.25) is 0 Å². The van der Waals surface area contributed by atoms with E-state index in [4.69, 9.17) is 0 Å². The zero-order valence-electron chi connectivity index (χ0n) is 9.65. The molecule has 0 saturated heterocycles. The number of aryl methyl sites for hydroxylation is 3. The molecule has 0 aliphatic carbocycles. The summed E-state index contributed by atoms with van der Waals surface area (Å²) < 4.78 is 2.17. The van der Waals surface area contributed by atoms with Gasteiger partial charge in [-0.3, -0.25) is 9.97 Å². The van der Waals surface area contributed by atoms with E-state index >= 15 is 0 Å². The summed E-state index contributed by atoms with van der Waals surface area (Å²) in [5, 5.41) is 0. The van der Waals surface area contributed by atoms with Crippen LogP contribution < -0.4 is 0 Å². The van der Waals surface area contributed by atoms with Crippen molar-refractivity contribution in [2.45, 2.75) is 13.8 Å². The van der Waals surface area contributed by atoms with E-state index in [-0.39, 0.29) is 0 Å². The molecule has 3 heteroatoms. The van der Waals surface area contributed by atoms with Gasteiger partial charge in [0.25, 0.3) is 0 Å². The summed E-state index contributed by atoms with van der Waals surface area (Å²) in [5.41, 5.74) is 6.82. The van der Waals surface area contributed by atoms with E-state index in [9.17, 15) is 0 Å². The molecule has 0 atom stereocenters. The van der Waals surface area contributed by atoms with Crippen molar-refractivity contribution in [1.82, 2.24) is 14.5 Å². The number of rotatable bonds is 0. The maximum Gasteiger partial charge on any atom is 0.115 e. The third-order valence-electron chi connectivity index (χ3n) is 3.27. The van der Waals surface area contributed by atoms with Gasteiger partial charge in [0, 0.05) is 19.4 Å². The average Bonchev–Trinajstić information content (AvgIpc) is 2.59. The van der Waals surface area contributed by atoms with Crippen LogP contribution in [0.25, 0.3) is 22.1 Å². The molecule has 3 heterocycles. The molecule has 0 aromatic carbocycles. The molecule has 3 rings (SSSR count). The first-order valence-corrected chi connectivity index (χ1v) is 5.35. The fourth-order valence-corrected chi connectivity index (χ4v) is 2.24. The lowest BCUT2D eigenvalue weighted by atomic mass is 10.1. The van der Waals surface area contributed by atoms with Crippen molar-refractivity contribution in [2.75, 3.05) is 0 Å². The Balaban J connectivity index is 2.67. The summed E-state index contributed by atoms with van der Waals surface area (Å²) >= 11 is 0. The smallest absolute Gasteiger partial charge is 0.115 e. The molecule has 0 aliphatic heterocycles. The van der Waals surface area contributed by atoms with Crippen molar-refractivity contribution < 1.29 is 0 Å². The van der Waals surface area contributed by atoms with Gasteiger partial charge in [-0.25, -0.2) is 0 Å². The molecule has 3 aromatic rings. The van der Waals surface area contributed by atoms with Crippen LogP contribution in [0.15, 0.2) is 24.5 Å². The molecule has 0 fully saturated rings. The summed E-state index contributed by atoms with van der Waals surface area (Å²) in [5.74, 6) is 0. The molecule has 3 aromatic heterocycles. The van der Waals surface area contributed by atoms with E-state index in [1.54, 1.807) is 0 Å². The van der Waals surface area contributed by atoms with Crippen LogP contribution in [0.1, 0.15) is 11.1 Å². The lowest BCUT2D eigenvalue weighted by molar-refractivity contribution is 1.00. The molecule has 0 unspecified atom stereocenters. The van der Waals surface area contributed by atoms with E-state index in [1.165, 1.54) is 16.6 Å². The van der Waals surface area contributed by atoms with Gasteiger partial charge < -0.3 is 4.57 Å². The predicted molar refractivity (Wildman–Crippen MR) is 65.5 cm³/mol. The Morgan fingerprint density at radius 1 is 1.12 bits per heavy atom. The van der Waals surface area contributed by atoms with Crippen molar-refractivity contribution in [3.8, 4) is 0 Å². The van der Waals surface area contributed by atoms with Gasteiger partial charge in [0.05, 0.1) is 11.0 Å². The number of pyridine rings is 2. The highest BCUT2D eigenvalue weighted by Gasteiger charge is 2.12. The average molecular weight is 211 g/mol. The van der Waals surface area contributed by atoms with Crippen LogP contribution in [-0.4, -0.2) is 14.5 Å². The van der Waals surface area contributed by atoms with E-state index < -0.39 is 0 Å². The Bertz CT molecular complexity index is 695. The van der Waals surface area contributed by atoms with Crippen molar-refractivity contribution in [3.05, 3.63) is 35.7 Å². The van der Waals surface area contributed by atoms with E-state index in [1.807, 2.05) is 18.5 Å². The molecule has 0 radical (unpaired) electrons. The minimum absolute atomic E-state index is 0.989. The third-order valence-corrected chi connectivity index (χ3v) is 3.27. The van der Waals surface area contributed by atoms with Gasteiger partial charge in [-0.15, -0.1) is 0 Å². The Morgan fingerprint density at radius 2 is 1.94 bits per heavy atom. The molecule has 80 valence electrons. The van der Waals surface area contributed by atoms with Gasteiger partial charge >= 0.3 is 0 Å². The first-order chi connectivity index (χ1) is 7.70. The molecular weight excluding hydrogens is 198 g/mol. The molecule has 0 N–H and O–H groups in total. The van der Waals surface area contributed by atoms with Crippen molar-refractivity contribution in [2.24, 2.45) is 7.05 Å². The Morgan fingerprint density at radius 3 is 2.75 bits per heavy atom. The first-order valence-electron chi connectivity index (χ1n) is 5.35. The molecule has 0 saturated carbocycles. The first kappa shape index (κ1) is 9.33. The van der Waals surface area contributed by atoms with Gasteiger partial charge in [-0.1, -0.05) is 0 Å². The van der Waals surface area contributed by atoms with Crippen molar-refractivity contribution in [3.63, 3.8) is 0 Å². The van der Waals surface area contributed by atoms with Crippen molar-refractivity contribution >= 4 is 22.1 Å². The third kappa shape index (κ3) is 1.03. The lowest BCUT2D eigenvalue weighted by Gasteiger charge is -2.03. The molecular formula is C13H13N3. The Hall–Kier alpha value is -1.90. The highest BCUT2D eigenvalue weighted by Crippen LogP contribution is 2.27. The quantitative estimate of drug-likeness (QED) is 0.572. The maximum absolute atomic E-state index is 4.51. The second-order valence-electron chi connectivity index (χ2n) is 4.19. The number of fused-ring (bicyclic) bond motifs is 3. The van der Waals surface area contributed by atoms with Gasteiger partial charge in [0.2, 0.25) is 0 Å². The number of hydrogen-bond acceptors (Lipinski definition) is 2. The van der Waals surface area contributed by atoms with Crippen LogP contribution in [-0.2, 0) is 7.05 Å². The van der Waals surface area contributed by atoms with Crippen LogP contribution in [0, 0.1) is 13.8 Å². The zero-order chi connectivity index (χ0) is 11.3. The zero-order valence-corrected chi connectivity index (χ0v) is 9.65. The maximum atomic E-state index is 4.51. The molecule has 3 nitrogen and oxygen atoms in total. The summed E-state index contributed by atoms with van der Waals surface area (Å²) in [6.07, 6.45) is 3.74. The standard InChI is InChI=1S/C13H13N3/c1-8-7-15-12-11-10(5-4-6-14-11)16(3)13(12)9(8)2/h4-7H,1-3H3. The number of aromatic nitrogens is 3. The Labute approximate surface area is 93.7 Å². The number of hydrogen-bond donors (Lipinski definition) is 0. The SMILES string of the molecule is Cc1cnc2c3ncccc3n(C)c2c1C. The van der Waals surface area contributed by atoms with E-state index in [0.29, 0.717) is 0 Å². The largest absolute Gasteiger partial charge is 0.341 e. The molecule has 0 bridgehead atoms. The van der Waals surface area contributed by atoms with Gasteiger partial charge in [0.15, 0.2) is 0 Å². The number of nitrogens with zero attached hydrogens (tertiary/aromatic N) is 3. The monoisotopic (exact) mass is 211 g/mol. The van der Waals surface area contributed by atoms with Gasteiger partial charge in [-0.2, -0.15) is 0 Å². The lowest BCUT2D eigenvalue weighted by Crippen LogP contribution is -1.92. The van der Waals surface area contributed by atoms with Gasteiger partial charge in [0.1, 0.15) is 11.0 Å². The van der Waals surface area contributed by atoms with Crippen molar-refractivity contribution in [1.29, 1.82) is 0 Å². The van der Waals surface area contributed by atoms with E-state index in [2.05, 4.69) is 41.5 Å². The highest BCUT2D eigenvalue weighted by atomic mass is 15.0. The van der Waals surface area contributed by atoms with Crippen LogP contribution in [0.5, 0.6) is 0 Å². The van der Waals surface area contributed by atoms with Crippen LogP contribution in [0.4, 0.5) is 0 Å². The summed E-state index contributed by atoms with van der Waals surface area (Å²) in [7, 11) is 2.07. The second-order valence-corrected chi connectivity index (χ2v) is 4.19. The predicted octanol–water partition coefficient (Wildman–Crippen LogP) is 2.74. The molecule has 0 spiro atoms. The van der Waals surface area contributed by atoms with E-state index in [0.717, 1.165) is 16.6 Å². The molecule has 16 heavy (non-hydrogen) atoms. The fraction of sp³-hybridized carbons (Fsp3) is 0.231. The molecule has 0 amide bonds. The highest BCUT2D eigenvalue weighted by molar-refractivity contribution is 6.04. The normalized spacial score (nSPS) is 11.4. The van der Waals surface area contributed by atoms with Crippen LogP contribution in [0.3, 0.4) is 0 Å². The van der Waals surface area contributed by atoms with Gasteiger partial charge in [-0.05, 0) is 37.1 Å². The molecule has 0 aliphatic rings. The minimum atomic E-state index is 0.989. The topological polar surface area (TPSA) is 30.7 Å². The second kappa shape index (κ2) is 3.04. The minimum Gasteiger partial charge on any atom is -0.341 e. The Kier molecular flexibility index (Phi) is 1.78.